The Balaban J connectivity index is 3.59. The SMILES string of the molecule is COc1c(Cl)c(C)c(Cl)c(OC)c1OC. The topological polar surface area (TPSA) is 27.7 Å². The van der Waals surface area contributed by atoms with Crippen molar-refractivity contribution in [2.75, 3.05) is 21.3 Å². The Hall–Kier alpha value is -0.800. The zero-order valence-electron chi connectivity index (χ0n) is 8.98. The fraction of sp³-hybridized carbons (Fsp3) is 0.400. The van der Waals surface area contributed by atoms with Gasteiger partial charge in [-0.3, -0.25) is 0 Å². The van der Waals surface area contributed by atoms with Gasteiger partial charge in [0.05, 0.1) is 31.4 Å². The maximum absolute atomic E-state index is 6.07. The fourth-order valence-electron chi connectivity index (χ4n) is 1.29. The molecule has 1 aromatic carbocycles. The Bertz CT molecular complexity index is 346. The summed E-state index contributed by atoms with van der Waals surface area (Å²) in [5.41, 5.74) is 0.702. The molecule has 3 nitrogen and oxygen atoms in total. The molecule has 0 aromatic heterocycles. The summed E-state index contributed by atoms with van der Waals surface area (Å²) in [4.78, 5) is 0. The maximum Gasteiger partial charge on any atom is 0.206 e. The molecule has 1 rings (SSSR count). The summed E-state index contributed by atoms with van der Waals surface area (Å²) in [5, 5.41) is 0.861. The van der Waals surface area contributed by atoms with Gasteiger partial charge < -0.3 is 14.2 Å². The normalized spacial score (nSPS) is 10.0. The van der Waals surface area contributed by atoms with Gasteiger partial charge in [-0.25, -0.2) is 0 Å². The summed E-state index contributed by atoms with van der Waals surface area (Å²) in [6.07, 6.45) is 0. The molecule has 84 valence electrons. The number of hydrogen-bond donors (Lipinski definition) is 0. The van der Waals surface area contributed by atoms with E-state index in [9.17, 15) is 0 Å². The first-order valence-corrected chi connectivity index (χ1v) is 4.97. The largest absolute Gasteiger partial charge is 0.491 e. The summed E-state index contributed by atoms with van der Waals surface area (Å²) in [6, 6.07) is 0. The van der Waals surface area contributed by atoms with Crippen LogP contribution in [-0.2, 0) is 0 Å². The Morgan fingerprint density at radius 1 is 0.733 bits per heavy atom. The molecule has 0 saturated carbocycles. The van der Waals surface area contributed by atoms with E-state index in [1.165, 1.54) is 21.3 Å². The summed E-state index contributed by atoms with van der Waals surface area (Å²) < 4.78 is 15.5. The minimum absolute atomic E-state index is 0.403. The fourth-order valence-corrected chi connectivity index (χ4v) is 1.85. The van der Waals surface area contributed by atoms with Crippen molar-refractivity contribution in [1.29, 1.82) is 0 Å². The number of benzene rings is 1. The van der Waals surface area contributed by atoms with Gasteiger partial charge in [0.25, 0.3) is 0 Å². The second-order valence-electron chi connectivity index (χ2n) is 2.85. The number of methoxy groups -OCH3 is 3. The predicted octanol–water partition coefficient (Wildman–Crippen LogP) is 3.33. The molecule has 0 amide bonds. The second kappa shape index (κ2) is 4.81. The maximum atomic E-state index is 6.07. The first-order chi connectivity index (χ1) is 7.08. The number of ether oxygens (including phenoxy) is 3. The van der Waals surface area contributed by atoms with Crippen LogP contribution < -0.4 is 14.2 Å². The second-order valence-corrected chi connectivity index (χ2v) is 3.61. The molecule has 1 aromatic rings. The van der Waals surface area contributed by atoms with Crippen molar-refractivity contribution in [1.82, 2.24) is 0 Å². The predicted molar refractivity (Wildman–Crippen MR) is 60.9 cm³/mol. The summed E-state index contributed by atoms with van der Waals surface area (Å²) in [6.45, 7) is 1.79. The Morgan fingerprint density at radius 2 is 1.07 bits per heavy atom. The van der Waals surface area contributed by atoms with E-state index < -0.39 is 0 Å². The van der Waals surface area contributed by atoms with Gasteiger partial charge >= 0.3 is 0 Å². The zero-order valence-corrected chi connectivity index (χ0v) is 10.5. The Labute approximate surface area is 98.8 Å². The minimum atomic E-state index is 0.403. The highest BCUT2D eigenvalue weighted by molar-refractivity contribution is 6.38. The van der Waals surface area contributed by atoms with Crippen LogP contribution in [0.2, 0.25) is 10.0 Å². The lowest BCUT2D eigenvalue weighted by Crippen LogP contribution is -1.98. The van der Waals surface area contributed by atoms with E-state index in [2.05, 4.69) is 0 Å². The molecule has 0 N–H and O–H groups in total. The van der Waals surface area contributed by atoms with Crippen LogP contribution in [0, 0.1) is 6.92 Å². The molecular weight excluding hydrogens is 239 g/mol. The molecule has 0 fully saturated rings. The van der Waals surface area contributed by atoms with Crippen LogP contribution in [0.1, 0.15) is 5.56 Å². The molecule has 0 aliphatic heterocycles. The van der Waals surface area contributed by atoms with Crippen LogP contribution in [0.4, 0.5) is 0 Å². The van der Waals surface area contributed by atoms with Crippen LogP contribution in [0.3, 0.4) is 0 Å². The average molecular weight is 251 g/mol. The monoisotopic (exact) mass is 250 g/mol. The smallest absolute Gasteiger partial charge is 0.206 e. The van der Waals surface area contributed by atoms with E-state index in [1.54, 1.807) is 6.92 Å². The first kappa shape index (κ1) is 12.3. The van der Waals surface area contributed by atoms with Crippen molar-refractivity contribution in [2.24, 2.45) is 0 Å². The van der Waals surface area contributed by atoms with Crippen molar-refractivity contribution in [3.63, 3.8) is 0 Å². The lowest BCUT2D eigenvalue weighted by molar-refractivity contribution is 0.324. The van der Waals surface area contributed by atoms with Crippen molar-refractivity contribution in [3.8, 4) is 17.2 Å². The van der Waals surface area contributed by atoms with E-state index >= 15 is 0 Å². The van der Waals surface area contributed by atoms with Gasteiger partial charge in [0.2, 0.25) is 5.75 Å². The zero-order chi connectivity index (χ0) is 11.6. The van der Waals surface area contributed by atoms with E-state index in [0.29, 0.717) is 32.9 Å². The summed E-state index contributed by atoms with van der Waals surface area (Å²) >= 11 is 12.1. The number of rotatable bonds is 3. The highest BCUT2D eigenvalue weighted by Crippen LogP contribution is 2.49. The third-order valence-corrected chi connectivity index (χ3v) is 2.99. The van der Waals surface area contributed by atoms with Gasteiger partial charge in [-0.1, -0.05) is 23.2 Å². The molecule has 0 bridgehead atoms. The lowest BCUT2D eigenvalue weighted by atomic mass is 10.2. The third kappa shape index (κ3) is 1.94. The number of hydrogen-bond acceptors (Lipinski definition) is 3. The highest BCUT2D eigenvalue weighted by atomic mass is 35.5. The highest BCUT2D eigenvalue weighted by Gasteiger charge is 2.22. The summed E-state index contributed by atoms with van der Waals surface area (Å²) in [7, 11) is 4.52. The molecule has 0 aliphatic carbocycles. The van der Waals surface area contributed by atoms with Gasteiger partial charge in [0, 0.05) is 0 Å². The minimum Gasteiger partial charge on any atom is -0.491 e. The molecule has 0 spiro atoms. The standard InChI is InChI=1S/C10H12Cl2O3/c1-5-6(11)8(13-2)10(15-4)9(14-3)7(5)12/h1-4H3. The van der Waals surface area contributed by atoms with E-state index in [1.807, 2.05) is 0 Å². The van der Waals surface area contributed by atoms with Crippen LogP contribution >= 0.6 is 23.2 Å². The summed E-state index contributed by atoms with van der Waals surface area (Å²) in [5.74, 6) is 1.26. The van der Waals surface area contributed by atoms with Gasteiger partial charge in [-0.15, -0.1) is 0 Å². The molecule has 0 aliphatic rings. The quantitative estimate of drug-likeness (QED) is 0.824. The van der Waals surface area contributed by atoms with Gasteiger partial charge in [-0.2, -0.15) is 0 Å². The molecule has 15 heavy (non-hydrogen) atoms. The molecular formula is C10H12Cl2O3. The average Bonchev–Trinajstić information content (AvgIpc) is 2.25. The van der Waals surface area contributed by atoms with Gasteiger partial charge in [0.15, 0.2) is 11.5 Å². The molecule has 0 heterocycles. The molecule has 0 radical (unpaired) electrons. The molecule has 0 saturated heterocycles. The van der Waals surface area contributed by atoms with Gasteiger partial charge in [-0.05, 0) is 12.5 Å². The van der Waals surface area contributed by atoms with E-state index in [4.69, 9.17) is 37.4 Å². The molecule has 0 unspecified atom stereocenters. The lowest BCUT2D eigenvalue weighted by Gasteiger charge is -2.16. The van der Waals surface area contributed by atoms with E-state index in [0.717, 1.165) is 0 Å². The van der Waals surface area contributed by atoms with Gasteiger partial charge in [0.1, 0.15) is 0 Å². The van der Waals surface area contributed by atoms with Crippen LogP contribution in [0.25, 0.3) is 0 Å². The molecule has 0 atom stereocenters. The van der Waals surface area contributed by atoms with Crippen molar-refractivity contribution in [2.45, 2.75) is 6.92 Å². The van der Waals surface area contributed by atoms with Crippen molar-refractivity contribution in [3.05, 3.63) is 15.6 Å². The number of halogens is 2. The Kier molecular flexibility index (Phi) is 3.94. The first-order valence-electron chi connectivity index (χ1n) is 4.22. The Morgan fingerprint density at radius 3 is 1.33 bits per heavy atom. The van der Waals surface area contributed by atoms with Crippen LogP contribution in [0.15, 0.2) is 0 Å². The third-order valence-electron chi connectivity index (χ3n) is 2.08. The van der Waals surface area contributed by atoms with E-state index in [-0.39, 0.29) is 0 Å². The van der Waals surface area contributed by atoms with Crippen molar-refractivity contribution < 1.29 is 14.2 Å². The van der Waals surface area contributed by atoms with Crippen molar-refractivity contribution >= 4 is 23.2 Å². The van der Waals surface area contributed by atoms with Crippen LogP contribution in [0.5, 0.6) is 17.2 Å². The molecule has 5 heteroatoms. The van der Waals surface area contributed by atoms with Crippen LogP contribution in [-0.4, -0.2) is 21.3 Å².